The Balaban J connectivity index is 3.24. The fourth-order valence-electron chi connectivity index (χ4n) is 1.74. The first kappa shape index (κ1) is 15.9. The summed E-state index contributed by atoms with van der Waals surface area (Å²) >= 11 is 5.35. The number of carbonyl (C=O) groups is 1. The van der Waals surface area contributed by atoms with E-state index >= 15 is 0 Å². The molecule has 0 unspecified atom stereocenters. The van der Waals surface area contributed by atoms with E-state index in [2.05, 4.69) is 5.10 Å². The van der Waals surface area contributed by atoms with Crippen LogP contribution in [0.15, 0.2) is 10.9 Å². The molecule has 0 fully saturated rings. The highest BCUT2D eigenvalue weighted by Crippen LogP contribution is 2.20. The SMILES string of the molecule is CCCn1nc(C(C)(C)C)cc(CCC(=O)Cl)c1=O. The van der Waals surface area contributed by atoms with Crippen LogP contribution in [0, 0.1) is 0 Å². The molecule has 0 saturated heterocycles. The lowest BCUT2D eigenvalue weighted by Crippen LogP contribution is -2.30. The van der Waals surface area contributed by atoms with Gasteiger partial charge < -0.3 is 0 Å². The van der Waals surface area contributed by atoms with E-state index in [9.17, 15) is 9.59 Å². The minimum absolute atomic E-state index is 0.118. The summed E-state index contributed by atoms with van der Waals surface area (Å²) in [5, 5.41) is 3.99. The lowest BCUT2D eigenvalue weighted by molar-refractivity contribution is -0.111. The maximum Gasteiger partial charge on any atom is 0.269 e. The fourth-order valence-corrected chi connectivity index (χ4v) is 1.83. The van der Waals surface area contributed by atoms with Gasteiger partial charge in [0, 0.05) is 23.9 Å². The van der Waals surface area contributed by atoms with E-state index in [-0.39, 0.29) is 17.4 Å². The second-order valence-corrected chi connectivity index (χ2v) is 6.11. The van der Waals surface area contributed by atoms with Crippen molar-refractivity contribution in [1.29, 1.82) is 0 Å². The first-order valence-electron chi connectivity index (χ1n) is 6.55. The van der Waals surface area contributed by atoms with Crippen LogP contribution in [0.25, 0.3) is 0 Å². The number of halogens is 1. The van der Waals surface area contributed by atoms with E-state index < -0.39 is 5.24 Å². The van der Waals surface area contributed by atoms with Crippen molar-refractivity contribution < 1.29 is 4.79 Å². The summed E-state index contributed by atoms with van der Waals surface area (Å²) in [6, 6.07) is 1.80. The largest absolute Gasteiger partial charge is 0.281 e. The van der Waals surface area contributed by atoms with Gasteiger partial charge >= 0.3 is 0 Å². The zero-order valence-electron chi connectivity index (χ0n) is 12.0. The average Bonchev–Trinajstić information content (AvgIpc) is 2.28. The minimum Gasteiger partial charge on any atom is -0.281 e. The van der Waals surface area contributed by atoms with E-state index in [1.165, 1.54) is 4.68 Å². The Labute approximate surface area is 118 Å². The van der Waals surface area contributed by atoms with Crippen LogP contribution in [-0.4, -0.2) is 15.0 Å². The molecule has 0 saturated carbocycles. The molecule has 4 nitrogen and oxygen atoms in total. The molecule has 0 radical (unpaired) electrons. The Morgan fingerprint density at radius 3 is 2.53 bits per heavy atom. The molecule has 5 heteroatoms. The van der Waals surface area contributed by atoms with Crippen LogP contribution in [0.4, 0.5) is 0 Å². The Kier molecular flexibility index (Phi) is 5.29. The van der Waals surface area contributed by atoms with Crippen molar-refractivity contribution in [3.63, 3.8) is 0 Å². The molecule has 1 heterocycles. The summed E-state index contributed by atoms with van der Waals surface area (Å²) in [5.41, 5.74) is 1.22. The van der Waals surface area contributed by atoms with Gasteiger partial charge in [0.05, 0.1) is 5.69 Å². The van der Waals surface area contributed by atoms with Gasteiger partial charge in [-0.05, 0) is 30.5 Å². The molecule has 0 N–H and O–H groups in total. The molecule has 106 valence electrons. The molecule has 0 spiro atoms. The normalized spacial score (nSPS) is 11.6. The first-order chi connectivity index (χ1) is 8.75. The van der Waals surface area contributed by atoms with E-state index in [1.807, 2.05) is 27.7 Å². The summed E-state index contributed by atoms with van der Waals surface area (Å²) in [5.74, 6) is 0. The Morgan fingerprint density at radius 2 is 2.05 bits per heavy atom. The number of aryl methyl sites for hydroxylation is 2. The number of hydrogen-bond donors (Lipinski definition) is 0. The van der Waals surface area contributed by atoms with Crippen LogP contribution in [0.2, 0.25) is 0 Å². The molecule has 0 atom stereocenters. The molecule has 19 heavy (non-hydrogen) atoms. The monoisotopic (exact) mass is 284 g/mol. The molecular formula is C14H21ClN2O2. The number of hydrogen-bond acceptors (Lipinski definition) is 3. The number of nitrogens with zero attached hydrogens (tertiary/aromatic N) is 2. The van der Waals surface area contributed by atoms with Gasteiger partial charge in [0.15, 0.2) is 0 Å². The van der Waals surface area contributed by atoms with Gasteiger partial charge in [-0.2, -0.15) is 5.10 Å². The fraction of sp³-hybridized carbons (Fsp3) is 0.643. The van der Waals surface area contributed by atoms with Crippen molar-refractivity contribution in [3.05, 3.63) is 27.7 Å². The van der Waals surface area contributed by atoms with Crippen molar-refractivity contribution in [1.82, 2.24) is 9.78 Å². The zero-order chi connectivity index (χ0) is 14.6. The van der Waals surface area contributed by atoms with Crippen LogP contribution >= 0.6 is 11.6 Å². The number of aromatic nitrogens is 2. The lowest BCUT2D eigenvalue weighted by atomic mass is 9.91. The van der Waals surface area contributed by atoms with Crippen LogP contribution in [0.3, 0.4) is 0 Å². The molecule has 0 aromatic carbocycles. The van der Waals surface area contributed by atoms with Gasteiger partial charge in [-0.3, -0.25) is 9.59 Å². The van der Waals surface area contributed by atoms with E-state index in [0.29, 0.717) is 18.5 Å². The molecule has 1 rings (SSSR count). The molecule has 0 amide bonds. The summed E-state index contributed by atoms with van der Waals surface area (Å²) in [6.07, 6.45) is 1.39. The third-order valence-electron chi connectivity index (χ3n) is 2.84. The van der Waals surface area contributed by atoms with Crippen molar-refractivity contribution in [3.8, 4) is 0 Å². The predicted octanol–water partition coefficient (Wildman–Crippen LogP) is 2.65. The maximum atomic E-state index is 12.2. The Hall–Kier alpha value is -1.16. The van der Waals surface area contributed by atoms with Gasteiger partial charge in [-0.15, -0.1) is 0 Å². The molecule has 1 aromatic rings. The lowest BCUT2D eigenvalue weighted by Gasteiger charge is -2.20. The average molecular weight is 285 g/mol. The van der Waals surface area contributed by atoms with Crippen LogP contribution < -0.4 is 5.56 Å². The minimum atomic E-state index is -0.421. The van der Waals surface area contributed by atoms with Crippen molar-refractivity contribution in [2.45, 2.75) is 58.9 Å². The molecule has 0 aliphatic rings. The van der Waals surface area contributed by atoms with Gasteiger partial charge in [-0.25, -0.2) is 4.68 Å². The number of rotatable bonds is 5. The smallest absolute Gasteiger partial charge is 0.269 e. The molecule has 1 aromatic heterocycles. The summed E-state index contributed by atoms with van der Waals surface area (Å²) in [6.45, 7) is 8.73. The summed E-state index contributed by atoms with van der Waals surface area (Å²) in [4.78, 5) is 23.1. The predicted molar refractivity (Wildman–Crippen MR) is 76.7 cm³/mol. The molecule has 0 aliphatic heterocycles. The standard InChI is InChI=1S/C14H21ClN2O2/c1-5-8-17-13(19)10(6-7-12(15)18)9-11(16-17)14(2,3)4/h9H,5-8H2,1-4H3. The van der Waals surface area contributed by atoms with Gasteiger partial charge in [0.25, 0.3) is 5.56 Å². The van der Waals surface area contributed by atoms with Crippen molar-refractivity contribution >= 4 is 16.8 Å². The third kappa shape index (κ3) is 4.46. The van der Waals surface area contributed by atoms with Crippen molar-refractivity contribution in [2.75, 3.05) is 0 Å². The highest BCUT2D eigenvalue weighted by molar-refractivity contribution is 6.63. The van der Waals surface area contributed by atoms with Crippen LogP contribution in [0.5, 0.6) is 0 Å². The Bertz CT molecular complexity index is 515. The van der Waals surface area contributed by atoms with E-state index in [4.69, 9.17) is 11.6 Å². The highest BCUT2D eigenvalue weighted by Gasteiger charge is 2.19. The summed E-state index contributed by atoms with van der Waals surface area (Å²) in [7, 11) is 0. The van der Waals surface area contributed by atoms with Gasteiger partial charge in [-0.1, -0.05) is 27.7 Å². The molecule has 0 bridgehead atoms. The Morgan fingerprint density at radius 1 is 1.42 bits per heavy atom. The molecule has 0 aliphatic carbocycles. The van der Waals surface area contributed by atoms with Crippen LogP contribution in [-0.2, 0) is 23.2 Å². The number of carbonyl (C=O) groups excluding carboxylic acids is 1. The van der Waals surface area contributed by atoms with Crippen molar-refractivity contribution in [2.24, 2.45) is 0 Å². The topological polar surface area (TPSA) is 52.0 Å². The van der Waals surface area contributed by atoms with Gasteiger partial charge in [0.1, 0.15) is 0 Å². The quantitative estimate of drug-likeness (QED) is 0.781. The zero-order valence-corrected chi connectivity index (χ0v) is 12.8. The van der Waals surface area contributed by atoms with E-state index in [1.54, 1.807) is 6.07 Å². The second kappa shape index (κ2) is 6.33. The second-order valence-electron chi connectivity index (χ2n) is 5.69. The third-order valence-corrected chi connectivity index (χ3v) is 3.03. The van der Waals surface area contributed by atoms with Gasteiger partial charge in [0.2, 0.25) is 5.24 Å². The van der Waals surface area contributed by atoms with E-state index in [0.717, 1.165) is 12.1 Å². The molecular weight excluding hydrogens is 264 g/mol. The summed E-state index contributed by atoms with van der Waals surface area (Å²) < 4.78 is 1.49. The highest BCUT2D eigenvalue weighted by atomic mass is 35.5. The van der Waals surface area contributed by atoms with Crippen LogP contribution in [0.1, 0.15) is 51.8 Å². The maximum absolute atomic E-state index is 12.2. The first-order valence-corrected chi connectivity index (χ1v) is 6.93.